The normalized spacial score (nSPS) is 16.2. The van der Waals surface area contributed by atoms with Crippen LogP contribution in [0.1, 0.15) is 53.4 Å². The van der Waals surface area contributed by atoms with E-state index in [9.17, 15) is 24.3 Å². The molecule has 12 nitrogen and oxygen atoms in total. The van der Waals surface area contributed by atoms with Gasteiger partial charge in [0.2, 0.25) is 17.7 Å². The van der Waals surface area contributed by atoms with Gasteiger partial charge in [-0.2, -0.15) is 12.6 Å². The van der Waals surface area contributed by atoms with Gasteiger partial charge >= 0.3 is 5.97 Å². The van der Waals surface area contributed by atoms with E-state index in [1.807, 2.05) is 13.8 Å². The fourth-order valence-corrected chi connectivity index (χ4v) is 3.18. The fourth-order valence-electron chi connectivity index (χ4n) is 3.02. The number of thiol groups is 1. The summed E-state index contributed by atoms with van der Waals surface area (Å²) < 4.78 is 0. The summed E-state index contributed by atoms with van der Waals surface area (Å²) in [5, 5.41) is 17.3. The summed E-state index contributed by atoms with van der Waals surface area (Å²) in [6, 6.07) is -4.02. The van der Waals surface area contributed by atoms with Gasteiger partial charge in [0.1, 0.15) is 18.1 Å². The molecule has 0 aromatic rings. The molecule has 0 aromatic heterocycles. The van der Waals surface area contributed by atoms with Gasteiger partial charge < -0.3 is 38.3 Å². The number of carbonyl (C=O) groups excluding carboxylic acids is 3. The number of hydrogen-bond donors (Lipinski definition) is 8. The lowest BCUT2D eigenvalue weighted by molar-refractivity contribution is -0.144. The van der Waals surface area contributed by atoms with Crippen LogP contribution in [0.4, 0.5) is 0 Å². The molecule has 34 heavy (non-hydrogen) atoms. The lowest BCUT2D eigenvalue weighted by Crippen LogP contribution is -2.59. The van der Waals surface area contributed by atoms with Crippen LogP contribution in [0.15, 0.2) is 4.99 Å². The van der Waals surface area contributed by atoms with Crippen molar-refractivity contribution in [3.8, 4) is 0 Å². The van der Waals surface area contributed by atoms with Gasteiger partial charge in [0.15, 0.2) is 5.96 Å². The smallest absolute Gasteiger partial charge is 0.326 e. The lowest BCUT2D eigenvalue weighted by atomic mass is 9.96. The number of amides is 3. The molecule has 196 valence electrons. The fraction of sp³-hybridized carbons (Fsp3) is 0.762. The van der Waals surface area contributed by atoms with E-state index in [0.717, 1.165) is 0 Å². The average molecular weight is 504 g/mol. The van der Waals surface area contributed by atoms with Crippen molar-refractivity contribution in [3.05, 3.63) is 0 Å². The number of aliphatic imine (C=N–C) groups is 1. The van der Waals surface area contributed by atoms with Gasteiger partial charge in [0, 0.05) is 12.3 Å². The molecule has 0 spiro atoms. The van der Waals surface area contributed by atoms with Crippen molar-refractivity contribution in [2.24, 2.45) is 34.0 Å². The monoisotopic (exact) mass is 503 g/mol. The first-order chi connectivity index (χ1) is 15.9. The quantitative estimate of drug-likeness (QED) is 0.0560. The van der Waals surface area contributed by atoms with E-state index in [1.165, 1.54) is 0 Å². The number of nitrogens with two attached hydrogens (primary N) is 3. The van der Waals surface area contributed by atoms with Crippen molar-refractivity contribution in [2.45, 2.75) is 77.5 Å². The maximum atomic E-state index is 13.1. The Morgan fingerprint density at radius 2 is 1.44 bits per heavy atom. The number of hydrogen-bond acceptors (Lipinski definition) is 7. The maximum absolute atomic E-state index is 13.1. The summed E-state index contributed by atoms with van der Waals surface area (Å²) in [5.41, 5.74) is 16.4. The van der Waals surface area contributed by atoms with E-state index >= 15 is 0 Å². The zero-order chi connectivity index (χ0) is 26.4. The molecule has 0 radical (unpaired) electrons. The van der Waals surface area contributed by atoms with E-state index in [2.05, 4.69) is 33.6 Å². The SMILES string of the molecule is CCC(C)C(NC(=O)C(CCCN=C(N)N)NC(=O)C(NC(=O)C(N)CS)C(C)CC)C(=O)O. The minimum absolute atomic E-state index is 0.0999. The van der Waals surface area contributed by atoms with Crippen molar-refractivity contribution >= 4 is 42.3 Å². The van der Waals surface area contributed by atoms with Crippen molar-refractivity contribution in [3.63, 3.8) is 0 Å². The van der Waals surface area contributed by atoms with Gasteiger partial charge in [0.25, 0.3) is 0 Å². The zero-order valence-corrected chi connectivity index (χ0v) is 21.3. The molecule has 0 aliphatic carbocycles. The van der Waals surface area contributed by atoms with Crippen LogP contribution in [0.25, 0.3) is 0 Å². The molecule has 0 rings (SSSR count). The third-order valence-corrected chi connectivity index (χ3v) is 6.08. The van der Waals surface area contributed by atoms with Crippen molar-refractivity contribution in [1.29, 1.82) is 0 Å². The molecule has 3 amide bonds. The number of rotatable bonds is 16. The van der Waals surface area contributed by atoms with Gasteiger partial charge in [0.05, 0.1) is 6.04 Å². The molecule has 0 bridgehead atoms. The van der Waals surface area contributed by atoms with Gasteiger partial charge in [-0.1, -0.05) is 40.5 Å². The summed E-state index contributed by atoms with van der Waals surface area (Å²) in [7, 11) is 0. The predicted molar refractivity (Wildman–Crippen MR) is 134 cm³/mol. The number of nitrogens with one attached hydrogen (secondary N) is 3. The second-order valence-corrected chi connectivity index (χ2v) is 8.75. The van der Waals surface area contributed by atoms with Gasteiger partial charge in [-0.3, -0.25) is 19.4 Å². The van der Waals surface area contributed by atoms with Gasteiger partial charge in [-0.15, -0.1) is 0 Å². The Bertz CT molecular complexity index is 718. The minimum Gasteiger partial charge on any atom is -0.480 e. The Hall–Kier alpha value is -2.54. The molecule has 0 aliphatic heterocycles. The molecule has 0 saturated heterocycles. The highest BCUT2D eigenvalue weighted by Gasteiger charge is 2.33. The summed E-state index contributed by atoms with van der Waals surface area (Å²) in [6.45, 7) is 7.39. The number of guanidine groups is 1. The molecule has 6 atom stereocenters. The molecule has 0 fully saturated rings. The molecule has 0 saturated carbocycles. The average Bonchev–Trinajstić information content (AvgIpc) is 2.80. The van der Waals surface area contributed by atoms with Crippen LogP contribution in [0.2, 0.25) is 0 Å². The third kappa shape index (κ3) is 11.1. The molecule has 6 unspecified atom stereocenters. The van der Waals surface area contributed by atoms with Crippen LogP contribution in [0.3, 0.4) is 0 Å². The van der Waals surface area contributed by atoms with Crippen LogP contribution in [0.5, 0.6) is 0 Å². The maximum Gasteiger partial charge on any atom is 0.326 e. The lowest BCUT2D eigenvalue weighted by Gasteiger charge is -2.28. The number of carbonyl (C=O) groups is 4. The number of nitrogens with zero attached hydrogens (tertiary/aromatic N) is 1. The standard InChI is InChI=1S/C21H41N7O5S/c1-5-11(3)15(27-17(29)13(22)10-34)19(31)26-14(8-7-9-25-21(23)24)18(30)28-16(20(32)33)12(4)6-2/h11-16,34H,5-10,22H2,1-4H3,(H,26,31)(H,27,29)(H,28,30)(H,32,33)(H4,23,24,25). The Morgan fingerprint density at radius 1 is 0.912 bits per heavy atom. The Morgan fingerprint density at radius 3 is 1.91 bits per heavy atom. The van der Waals surface area contributed by atoms with Crippen molar-refractivity contribution in [1.82, 2.24) is 16.0 Å². The van der Waals surface area contributed by atoms with E-state index < -0.39 is 47.9 Å². The molecule has 10 N–H and O–H groups in total. The van der Waals surface area contributed by atoms with Crippen LogP contribution in [-0.2, 0) is 19.2 Å². The second kappa shape index (κ2) is 16.1. The summed E-state index contributed by atoms with van der Waals surface area (Å²) >= 11 is 4.01. The van der Waals surface area contributed by atoms with Crippen LogP contribution < -0.4 is 33.2 Å². The zero-order valence-electron chi connectivity index (χ0n) is 20.4. The van der Waals surface area contributed by atoms with E-state index in [-0.39, 0.29) is 36.5 Å². The number of carboxylic acid groups (broad SMARTS) is 1. The van der Waals surface area contributed by atoms with E-state index in [4.69, 9.17) is 17.2 Å². The van der Waals surface area contributed by atoms with Crippen LogP contribution in [0, 0.1) is 11.8 Å². The highest BCUT2D eigenvalue weighted by Crippen LogP contribution is 2.12. The van der Waals surface area contributed by atoms with E-state index in [1.54, 1.807) is 13.8 Å². The highest BCUT2D eigenvalue weighted by molar-refractivity contribution is 7.80. The Kier molecular flexibility index (Phi) is 14.9. The molecule has 0 aromatic carbocycles. The largest absolute Gasteiger partial charge is 0.480 e. The number of aliphatic carboxylic acids is 1. The molecule has 0 heterocycles. The first-order valence-electron chi connectivity index (χ1n) is 11.4. The molecular formula is C21H41N7O5S. The minimum atomic E-state index is -1.17. The topological polar surface area (TPSA) is 215 Å². The molecule has 0 aliphatic rings. The summed E-state index contributed by atoms with van der Waals surface area (Å²) in [6.07, 6.45) is 1.61. The Balaban J connectivity index is 5.68. The van der Waals surface area contributed by atoms with Crippen LogP contribution >= 0.6 is 12.6 Å². The second-order valence-electron chi connectivity index (χ2n) is 8.38. The predicted octanol–water partition coefficient (Wildman–Crippen LogP) is -1.07. The van der Waals surface area contributed by atoms with Gasteiger partial charge in [-0.05, 0) is 24.7 Å². The number of carboxylic acids is 1. The first-order valence-corrected chi connectivity index (χ1v) is 12.1. The van der Waals surface area contributed by atoms with Crippen molar-refractivity contribution < 1.29 is 24.3 Å². The third-order valence-electron chi connectivity index (χ3n) is 5.68. The van der Waals surface area contributed by atoms with E-state index in [0.29, 0.717) is 19.3 Å². The summed E-state index contributed by atoms with van der Waals surface area (Å²) in [4.78, 5) is 53.9. The molecular weight excluding hydrogens is 462 g/mol. The van der Waals surface area contributed by atoms with Crippen LogP contribution in [-0.4, -0.2) is 71.2 Å². The summed E-state index contributed by atoms with van der Waals surface area (Å²) in [5.74, 6) is -3.51. The molecule has 13 heteroatoms. The van der Waals surface area contributed by atoms with Crippen molar-refractivity contribution in [2.75, 3.05) is 12.3 Å². The van der Waals surface area contributed by atoms with Gasteiger partial charge in [-0.25, -0.2) is 4.79 Å². The first kappa shape index (κ1) is 31.5. The Labute approximate surface area is 206 Å². The highest BCUT2D eigenvalue weighted by atomic mass is 32.1.